The molecule has 0 aliphatic rings. The number of aromatic nitrogens is 1. The number of amides is 1. The van der Waals surface area contributed by atoms with E-state index in [4.69, 9.17) is 14.2 Å². The highest BCUT2D eigenvalue weighted by atomic mass is 16.6. The standard InChI is InChI=1S/C25H30N2O6/c1-7-18-11-9-10-12-19(18)15(3)17(5)32-25(30)16(4)27-24(29)22-23(33-21(28)8-2)20(31-6)13-14-26-22/h7,9-17H,1,8H2,2-6H3,(H,27,29)/t15-,16+,17+/m1/s1. The fourth-order valence-corrected chi connectivity index (χ4v) is 3.11. The molecule has 0 fully saturated rings. The maximum atomic E-state index is 12.8. The smallest absolute Gasteiger partial charge is 0.328 e. The van der Waals surface area contributed by atoms with Gasteiger partial charge in [-0.3, -0.25) is 9.59 Å². The third kappa shape index (κ3) is 6.41. The molecule has 0 saturated heterocycles. The molecule has 0 bridgehead atoms. The second kappa shape index (κ2) is 11.8. The van der Waals surface area contributed by atoms with Gasteiger partial charge in [-0.05, 0) is 25.0 Å². The van der Waals surface area contributed by atoms with Gasteiger partial charge in [0, 0.05) is 24.6 Å². The molecule has 3 atom stereocenters. The summed E-state index contributed by atoms with van der Waals surface area (Å²) in [4.78, 5) is 41.2. The minimum absolute atomic E-state index is 0.0915. The van der Waals surface area contributed by atoms with Crippen molar-refractivity contribution in [3.05, 3.63) is 59.9 Å². The van der Waals surface area contributed by atoms with E-state index in [0.29, 0.717) is 0 Å². The number of hydrogen-bond acceptors (Lipinski definition) is 7. The second-order valence-electron chi connectivity index (χ2n) is 7.48. The highest BCUT2D eigenvalue weighted by Gasteiger charge is 2.27. The Morgan fingerprint density at radius 2 is 1.85 bits per heavy atom. The van der Waals surface area contributed by atoms with Crippen molar-refractivity contribution in [2.45, 2.75) is 52.2 Å². The Morgan fingerprint density at radius 3 is 2.48 bits per heavy atom. The minimum Gasteiger partial charge on any atom is -0.493 e. The summed E-state index contributed by atoms with van der Waals surface area (Å²) in [7, 11) is 1.38. The van der Waals surface area contributed by atoms with E-state index in [1.54, 1.807) is 19.9 Å². The topological polar surface area (TPSA) is 104 Å². The fraction of sp³-hybridized carbons (Fsp3) is 0.360. The van der Waals surface area contributed by atoms with Crippen LogP contribution in [0.15, 0.2) is 43.1 Å². The number of carbonyl (C=O) groups excluding carboxylic acids is 3. The SMILES string of the molecule is C=Cc1ccccc1[C@H](C)[C@H](C)OC(=O)[C@H](C)NC(=O)c1nccc(OC)c1OC(=O)CC. The molecule has 0 radical (unpaired) electrons. The molecule has 0 saturated carbocycles. The number of ether oxygens (including phenoxy) is 3. The fourth-order valence-electron chi connectivity index (χ4n) is 3.11. The third-order valence-corrected chi connectivity index (χ3v) is 5.22. The average Bonchev–Trinajstić information content (AvgIpc) is 2.83. The summed E-state index contributed by atoms with van der Waals surface area (Å²) in [5.74, 6) is -1.87. The number of pyridine rings is 1. The summed E-state index contributed by atoms with van der Waals surface area (Å²) in [5, 5.41) is 2.55. The van der Waals surface area contributed by atoms with Crippen LogP contribution >= 0.6 is 0 Å². The van der Waals surface area contributed by atoms with Gasteiger partial charge in [0.2, 0.25) is 5.75 Å². The molecule has 0 spiro atoms. The zero-order valence-electron chi connectivity index (χ0n) is 19.6. The van der Waals surface area contributed by atoms with Crippen LogP contribution < -0.4 is 14.8 Å². The Kier molecular flexibility index (Phi) is 9.15. The van der Waals surface area contributed by atoms with Crippen molar-refractivity contribution >= 4 is 23.9 Å². The second-order valence-corrected chi connectivity index (χ2v) is 7.48. The number of nitrogens with zero attached hydrogens (tertiary/aromatic N) is 1. The monoisotopic (exact) mass is 454 g/mol. The van der Waals surface area contributed by atoms with Crippen LogP contribution in [0.25, 0.3) is 6.08 Å². The van der Waals surface area contributed by atoms with Crippen LogP contribution in [-0.4, -0.2) is 42.1 Å². The van der Waals surface area contributed by atoms with Gasteiger partial charge >= 0.3 is 11.9 Å². The lowest BCUT2D eigenvalue weighted by Crippen LogP contribution is -2.41. The van der Waals surface area contributed by atoms with Gasteiger partial charge < -0.3 is 19.5 Å². The van der Waals surface area contributed by atoms with Crippen molar-refractivity contribution in [3.63, 3.8) is 0 Å². The molecule has 0 aliphatic carbocycles. The van der Waals surface area contributed by atoms with E-state index in [-0.39, 0.29) is 29.5 Å². The maximum Gasteiger partial charge on any atom is 0.328 e. The van der Waals surface area contributed by atoms with Crippen molar-refractivity contribution in [2.24, 2.45) is 0 Å². The van der Waals surface area contributed by atoms with E-state index in [2.05, 4.69) is 16.9 Å². The van der Waals surface area contributed by atoms with Crippen LogP contribution in [0, 0.1) is 0 Å². The van der Waals surface area contributed by atoms with Gasteiger partial charge in [0.1, 0.15) is 12.1 Å². The zero-order valence-corrected chi connectivity index (χ0v) is 19.6. The number of carbonyl (C=O) groups is 3. The summed E-state index contributed by atoms with van der Waals surface area (Å²) in [6.07, 6.45) is 2.76. The largest absolute Gasteiger partial charge is 0.493 e. The molecule has 0 unspecified atom stereocenters. The van der Waals surface area contributed by atoms with Crippen LogP contribution in [0.1, 0.15) is 61.6 Å². The van der Waals surface area contributed by atoms with Gasteiger partial charge in [0.05, 0.1) is 7.11 Å². The normalized spacial score (nSPS) is 13.2. The van der Waals surface area contributed by atoms with Crippen molar-refractivity contribution < 1.29 is 28.6 Å². The molecule has 2 aromatic rings. The van der Waals surface area contributed by atoms with Crippen molar-refractivity contribution in [3.8, 4) is 11.5 Å². The van der Waals surface area contributed by atoms with E-state index in [9.17, 15) is 14.4 Å². The van der Waals surface area contributed by atoms with Crippen LogP contribution in [0.4, 0.5) is 0 Å². The number of nitrogens with one attached hydrogen (secondary N) is 1. The lowest BCUT2D eigenvalue weighted by molar-refractivity contribution is -0.151. The van der Waals surface area contributed by atoms with E-state index < -0.39 is 30.0 Å². The summed E-state index contributed by atoms with van der Waals surface area (Å²) in [6, 6.07) is 8.24. The summed E-state index contributed by atoms with van der Waals surface area (Å²) < 4.78 is 16.0. The molecule has 1 heterocycles. The third-order valence-electron chi connectivity index (χ3n) is 5.22. The Balaban J connectivity index is 2.11. The summed E-state index contributed by atoms with van der Waals surface area (Å²) >= 11 is 0. The predicted molar refractivity (Wildman–Crippen MR) is 124 cm³/mol. The minimum atomic E-state index is -0.968. The van der Waals surface area contributed by atoms with Crippen molar-refractivity contribution in [2.75, 3.05) is 7.11 Å². The molecule has 1 aromatic carbocycles. The van der Waals surface area contributed by atoms with Crippen LogP contribution in [-0.2, 0) is 14.3 Å². The Bertz CT molecular complexity index is 1020. The Labute approximate surface area is 194 Å². The average molecular weight is 455 g/mol. The van der Waals surface area contributed by atoms with E-state index in [1.807, 2.05) is 31.2 Å². The first-order chi connectivity index (χ1) is 15.7. The highest BCUT2D eigenvalue weighted by Crippen LogP contribution is 2.30. The first kappa shape index (κ1) is 25.6. The van der Waals surface area contributed by atoms with Gasteiger partial charge in [-0.1, -0.05) is 50.8 Å². The van der Waals surface area contributed by atoms with Crippen molar-refractivity contribution in [1.29, 1.82) is 0 Å². The zero-order chi connectivity index (χ0) is 24.5. The summed E-state index contributed by atoms with van der Waals surface area (Å²) in [5.41, 5.74) is 1.80. The number of hydrogen-bond donors (Lipinski definition) is 1. The molecule has 2 rings (SSSR count). The molecule has 8 heteroatoms. The van der Waals surface area contributed by atoms with E-state index in [0.717, 1.165) is 11.1 Å². The molecule has 1 amide bonds. The van der Waals surface area contributed by atoms with Gasteiger partial charge in [0.15, 0.2) is 11.4 Å². The maximum absolute atomic E-state index is 12.8. The molecule has 1 N–H and O–H groups in total. The van der Waals surface area contributed by atoms with E-state index in [1.165, 1.54) is 26.3 Å². The number of benzene rings is 1. The van der Waals surface area contributed by atoms with Crippen LogP contribution in [0.3, 0.4) is 0 Å². The molecule has 176 valence electrons. The van der Waals surface area contributed by atoms with Crippen molar-refractivity contribution in [1.82, 2.24) is 10.3 Å². The van der Waals surface area contributed by atoms with Gasteiger partial charge in [-0.15, -0.1) is 0 Å². The first-order valence-corrected chi connectivity index (χ1v) is 10.7. The highest BCUT2D eigenvalue weighted by molar-refractivity contribution is 5.98. The Hall–Kier alpha value is -3.68. The van der Waals surface area contributed by atoms with Gasteiger partial charge in [-0.25, -0.2) is 9.78 Å². The molecule has 1 aromatic heterocycles. The lowest BCUT2D eigenvalue weighted by atomic mass is 9.92. The van der Waals surface area contributed by atoms with Crippen LogP contribution in [0.2, 0.25) is 0 Å². The molecule has 33 heavy (non-hydrogen) atoms. The number of methoxy groups -OCH3 is 1. The van der Waals surface area contributed by atoms with E-state index >= 15 is 0 Å². The number of esters is 2. The van der Waals surface area contributed by atoms with Gasteiger partial charge in [0.25, 0.3) is 5.91 Å². The molecule has 0 aliphatic heterocycles. The van der Waals surface area contributed by atoms with Crippen LogP contribution in [0.5, 0.6) is 11.5 Å². The lowest BCUT2D eigenvalue weighted by Gasteiger charge is -2.24. The molecule has 8 nitrogen and oxygen atoms in total. The molecular formula is C25H30N2O6. The quantitative estimate of drug-likeness (QED) is 0.543. The number of rotatable bonds is 10. The molecular weight excluding hydrogens is 424 g/mol. The summed E-state index contributed by atoms with van der Waals surface area (Å²) in [6.45, 7) is 10.7. The Morgan fingerprint density at radius 1 is 1.15 bits per heavy atom. The van der Waals surface area contributed by atoms with Gasteiger partial charge in [-0.2, -0.15) is 0 Å². The first-order valence-electron chi connectivity index (χ1n) is 10.7. The predicted octanol–water partition coefficient (Wildman–Crippen LogP) is 3.90.